The van der Waals surface area contributed by atoms with Crippen molar-refractivity contribution in [3.05, 3.63) is 58.1 Å². The number of methoxy groups -OCH3 is 1. The number of benzene rings is 2. The highest BCUT2D eigenvalue weighted by Crippen LogP contribution is 2.24. The molecule has 0 aromatic heterocycles. The number of halogens is 1. The Balaban J connectivity index is 2.19. The number of thiocarbonyl (C=S) groups is 1. The summed E-state index contributed by atoms with van der Waals surface area (Å²) in [4.78, 5) is 12.6. The summed E-state index contributed by atoms with van der Waals surface area (Å²) in [6.07, 6.45) is 0. The number of nitrogens with one attached hydrogen (secondary N) is 1. The van der Waals surface area contributed by atoms with E-state index in [0.29, 0.717) is 22.0 Å². The molecular weight excluding hydrogens is 352 g/mol. The van der Waals surface area contributed by atoms with Crippen LogP contribution < -0.4 is 15.8 Å². The molecular formula is C15H13BrN2O2S. The van der Waals surface area contributed by atoms with E-state index in [1.54, 1.807) is 42.5 Å². The summed E-state index contributed by atoms with van der Waals surface area (Å²) in [5.41, 5.74) is 7.40. The number of rotatable bonds is 4. The van der Waals surface area contributed by atoms with E-state index in [1.165, 1.54) is 7.11 Å². The Labute approximate surface area is 136 Å². The van der Waals surface area contributed by atoms with E-state index in [9.17, 15) is 4.79 Å². The maximum absolute atomic E-state index is 12.3. The van der Waals surface area contributed by atoms with Crippen molar-refractivity contribution >= 4 is 44.7 Å². The first kappa shape index (κ1) is 15.5. The fourth-order valence-corrected chi connectivity index (χ4v) is 2.25. The summed E-state index contributed by atoms with van der Waals surface area (Å²) in [5.74, 6) is 0.254. The largest absolute Gasteiger partial charge is 0.496 e. The van der Waals surface area contributed by atoms with E-state index < -0.39 is 0 Å². The number of ether oxygens (including phenoxy) is 1. The first-order valence-corrected chi connectivity index (χ1v) is 7.26. The Bertz CT molecular complexity index is 687. The minimum Gasteiger partial charge on any atom is -0.496 e. The Morgan fingerprint density at radius 1 is 1.24 bits per heavy atom. The van der Waals surface area contributed by atoms with Crippen LogP contribution in [0.25, 0.3) is 0 Å². The molecule has 1 amide bonds. The second kappa shape index (κ2) is 6.69. The van der Waals surface area contributed by atoms with Gasteiger partial charge in [0, 0.05) is 15.7 Å². The number of hydrogen-bond donors (Lipinski definition) is 2. The van der Waals surface area contributed by atoms with E-state index in [1.807, 2.05) is 0 Å². The predicted molar refractivity (Wildman–Crippen MR) is 91.0 cm³/mol. The molecule has 3 N–H and O–H groups in total. The van der Waals surface area contributed by atoms with Gasteiger partial charge in [-0.2, -0.15) is 0 Å². The Morgan fingerprint density at radius 3 is 2.48 bits per heavy atom. The quantitative estimate of drug-likeness (QED) is 0.816. The van der Waals surface area contributed by atoms with Gasteiger partial charge in [0.15, 0.2) is 0 Å². The summed E-state index contributed by atoms with van der Waals surface area (Å²) in [6.45, 7) is 0. The molecule has 108 valence electrons. The topological polar surface area (TPSA) is 64.3 Å². The third kappa shape index (κ3) is 3.80. The summed E-state index contributed by atoms with van der Waals surface area (Å²) in [7, 11) is 1.52. The van der Waals surface area contributed by atoms with Gasteiger partial charge in [0.05, 0.1) is 12.7 Å². The first-order chi connectivity index (χ1) is 10.0. The van der Waals surface area contributed by atoms with Crippen LogP contribution in [0.2, 0.25) is 0 Å². The predicted octanol–water partition coefficient (Wildman–Crippen LogP) is 3.34. The number of carbonyl (C=O) groups is 1. The number of amides is 1. The average molecular weight is 365 g/mol. The maximum atomic E-state index is 12.3. The van der Waals surface area contributed by atoms with E-state index in [4.69, 9.17) is 22.7 Å². The first-order valence-electron chi connectivity index (χ1n) is 6.06. The van der Waals surface area contributed by atoms with Crippen molar-refractivity contribution in [2.45, 2.75) is 0 Å². The molecule has 0 aliphatic carbocycles. The fraction of sp³-hybridized carbons (Fsp3) is 0.0667. The third-order valence-electron chi connectivity index (χ3n) is 2.84. The molecule has 0 saturated carbocycles. The highest BCUT2D eigenvalue weighted by atomic mass is 79.9. The average Bonchev–Trinajstić information content (AvgIpc) is 2.47. The highest BCUT2D eigenvalue weighted by molar-refractivity contribution is 9.10. The third-order valence-corrected chi connectivity index (χ3v) is 3.56. The number of hydrogen-bond acceptors (Lipinski definition) is 3. The summed E-state index contributed by atoms with van der Waals surface area (Å²) >= 11 is 8.22. The van der Waals surface area contributed by atoms with Gasteiger partial charge in [-0.15, -0.1) is 0 Å². The van der Waals surface area contributed by atoms with Crippen molar-refractivity contribution < 1.29 is 9.53 Å². The van der Waals surface area contributed by atoms with E-state index in [2.05, 4.69) is 21.2 Å². The number of nitrogens with two attached hydrogens (primary N) is 1. The fourth-order valence-electron chi connectivity index (χ4n) is 1.77. The lowest BCUT2D eigenvalue weighted by Crippen LogP contribution is -2.14. The number of anilines is 1. The van der Waals surface area contributed by atoms with Gasteiger partial charge in [0.2, 0.25) is 0 Å². The van der Waals surface area contributed by atoms with Crippen molar-refractivity contribution in [3.8, 4) is 5.75 Å². The monoisotopic (exact) mass is 364 g/mol. The maximum Gasteiger partial charge on any atom is 0.259 e. The molecule has 2 aromatic rings. The minimum absolute atomic E-state index is 0.248. The van der Waals surface area contributed by atoms with Crippen molar-refractivity contribution in [1.29, 1.82) is 0 Å². The van der Waals surface area contributed by atoms with Gasteiger partial charge in [-0.05, 0) is 42.5 Å². The zero-order valence-corrected chi connectivity index (χ0v) is 13.6. The smallest absolute Gasteiger partial charge is 0.259 e. The molecule has 0 saturated heterocycles. The van der Waals surface area contributed by atoms with Crippen LogP contribution in [-0.4, -0.2) is 18.0 Å². The second-order valence-electron chi connectivity index (χ2n) is 4.24. The SMILES string of the molecule is COc1cc(Br)ccc1C(=O)Nc1ccc(C(N)=S)cc1. The Hall–Kier alpha value is -1.92. The van der Waals surface area contributed by atoms with Gasteiger partial charge in [-0.1, -0.05) is 28.1 Å². The van der Waals surface area contributed by atoms with Crippen LogP contribution in [0.4, 0.5) is 5.69 Å². The molecule has 21 heavy (non-hydrogen) atoms. The molecule has 6 heteroatoms. The summed E-state index contributed by atoms with van der Waals surface area (Å²) in [5, 5.41) is 2.80. The number of carbonyl (C=O) groups excluding carboxylic acids is 1. The van der Waals surface area contributed by atoms with E-state index in [-0.39, 0.29) is 5.91 Å². The van der Waals surface area contributed by atoms with Crippen LogP contribution in [-0.2, 0) is 0 Å². The zero-order chi connectivity index (χ0) is 15.4. The molecule has 0 spiro atoms. The van der Waals surface area contributed by atoms with Crippen LogP contribution in [0.3, 0.4) is 0 Å². The summed E-state index contributed by atoms with van der Waals surface area (Å²) < 4.78 is 6.06. The lowest BCUT2D eigenvalue weighted by atomic mass is 10.1. The molecule has 0 heterocycles. The van der Waals surface area contributed by atoms with Gasteiger partial charge in [0.25, 0.3) is 5.91 Å². The standard InChI is InChI=1S/C15H13BrN2O2S/c1-20-13-8-10(16)4-7-12(13)15(19)18-11-5-2-9(3-6-11)14(17)21/h2-8H,1H3,(H2,17,21)(H,18,19). The molecule has 0 radical (unpaired) electrons. The van der Waals surface area contributed by atoms with Crippen molar-refractivity contribution in [2.24, 2.45) is 5.73 Å². The second-order valence-corrected chi connectivity index (χ2v) is 5.60. The van der Waals surface area contributed by atoms with Gasteiger partial charge in [-0.25, -0.2) is 0 Å². The molecule has 2 rings (SSSR count). The van der Waals surface area contributed by atoms with Gasteiger partial charge in [0.1, 0.15) is 10.7 Å². The molecule has 4 nitrogen and oxygen atoms in total. The lowest BCUT2D eigenvalue weighted by Gasteiger charge is -2.10. The van der Waals surface area contributed by atoms with E-state index in [0.717, 1.165) is 10.0 Å². The lowest BCUT2D eigenvalue weighted by molar-refractivity contribution is 0.102. The van der Waals surface area contributed by atoms with Crippen molar-refractivity contribution in [2.75, 3.05) is 12.4 Å². The molecule has 0 unspecified atom stereocenters. The minimum atomic E-state index is -0.248. The Kier molecular flexibility index (Phi) is 4.93. The van der Waals surface area contributed by atoms with Crippen LogP contribution in [0, 0.1) is 0 Å². The summed E-state index contributed by atoms with van der Waals surface area (Å²) in [6, 6.07) is 12.2. The van der Waals surface area contributed by atoms with Crippen LogP contribution in [0.1, 0.15) is 15.9 Å². The molecule has 0 aliphatic heterocycles. The Morgan fingerprint density at radius 2 is 1.90 bits per heavy atom. The molecule has 2 aromatic carbocycles. The normalized spacial score (nSPS) is 10.0. The van der Waals surface area contributed by atoms with E-state index >= 15 is 0 Å². The molecule has 0 aliphatic rings. The van der Waals surface area contributed by atoms with Crippen LogP contribution in [0.5, 0.6) is 5.75 Å². The van der Waals surface area contributed by atoms with Gasteiger partial charge in [-0.3, -0.25) is 4.79 Å². The highest BCUT2D eigenvalue weighted by Gasteiger charge is 2.12. The molecule has 0 fully saturated rings. The zero-order valence-electron chi connectivity index (χ0n) is 11.2. The molecule has 0 atom stereocenters. The van der Waals surface area contributed by atoms with Crippen LogP contribution in [0.15, 0.2) is 46.9 Å². The van der Waals surface area contributed by atoms with Crippen LogP contribution >= 0.6 is 28.1 Å². The van der Waals surface area contributed by atoms with Crippen molar-refractivity contribution in [3.63, 3.8) is 0 Å². The van der Waals surface area contributed by atoms with Crippen molar-refractivity contribution in [1.82, 2.24) is 0 Å². The van der Waals surface area contributed by atoms with Gasteiger partial charge < -0.3 is 15.8 Å². The molecule has 0 bridgehead atoms. The van der Waals surface area contributed by atoms with Gasteiger partial charge >= 0.3 is 0 Å².